The van der Waals surface area contributed by atoms with Crippen molar-refractivity contribution in [2.75, 3.05) is 0 Å². The molecule has 0 radical (unpaired) electrons. The lowest BCUT2D eigenvalue weighted by molar-refractivity contribution is 0.159. The highest BCUT2D eigenvalue weighted by atomic mass is 35.5. The predicted octanol–water partition coefficient (Wildman–Crippen LogP) is 3.92. The van der Waals surface area contributed by atoms with Crippen LogP contribution in [0.5, 0.6) is 0 Å². The lowest BCUT2D eigenvalue weighted by Crippen LogP contribution is -2.34. The first-order chi connectivity index (χ1) is 17.3. The highest BCUT2D eigenvalue weighted by Gasteiger charge is 2.29. The highest BCUT2D eigenvalue weighted by molar-refractivity contribution is 8.67. The molecule has 0 atom stereocenters. The summed E-state index contributed by atoms with van der Waals surface area (Å²) in [6.45, 7) is 0. The van der Waals surface area contributed by atoms with Gasteiger partial charge in [-0.05, 0) is 73.5 Å². The van der Waals surface area contributed by atoms with Gasteiger partial charge in [0.25, 0.3) is 0 Å². The van der Waals surface area contributed by atoms with Gasteiger partial charge in [0.2, 0.25) is 0 Å². The van der Waals surface area contributed by atoms with Crippen molar-refractivity contribution in [1.29, 1.82) is 0 Å². The molecule has 0 saturated heterocycles. The van der Waals surface area contributed by atoms with Crippen LogP contribution in [0.2, 0.25) is 10.0 Å². The number of aromatic nitrogens is 6. The Bertz CT molecular complexity index is 1680. The molecule has 0 bridgehead atoms. The van der Waals surface area contributed by atoms with Crippen LogP contribution in [0, 0.1) is 0 Å². The second kappa shape index (κ2) is 10.2. The van der Waals surface area contributed by atoms with Crippen molar-refractivity contribution in [3.8, 4) is 0 Å². The van der Waals surface area contributed by atoms with Crippen LogP contribution in [0.15, 0.2) is 76.3 Å². The van der Waals surface area contributed by atoms with Crippen molar-refractivity contribution >= 4 is 73.9 Å². The van der Waals surface area contributed by atoms with Gasteiger partial charge in [0, 0.05) is 27.6 Å². The molecule has 15 heteroatoms. The smallest absolute Gasteiger partial charge is 0.313 e. The van der Waals surface area contributed by atoms with Gasteiger partial charge in [-0.15, -0.1) is 10.2 Å². The first-order valence-corrected chi connectivity index (χ1v) is 15.1. The molecule has 5 aromatic rings. The van der Waals surface area contributed by atoms with Crippen LogP contribution in [0.25, 0.3) is 21.8 Å². The van der Waals surface area contributed by atoms with Gasteiger partial charge in [-0.2, -0.15) is 0 Å². The summed E-state index contributed by atoms with van der Waals surface area (Å²) in [6.07, 6.45) is 0. The average Bonchev–Trinajstić information content (AvgIpc) is 2.87. The summed E-state index contributed by atoms with van der Waals surface area (Å²) in [5, 5.41) is 17.0. The molecular weight excluding hydrogens is 566 g/mol. The number of hydrogen-bond donors (Lipinski definition) is 0. The van der Waals surface area contributed by atoms with E-state index in [2.05, 4.69) is 20.6 Å². The van der Waals surface area contributed by atoms with Crippen LogP contribution in [0.4, 0.5) is 0 Å². The standard InChI is InChI=1S/C21H13Cl2N6O4PS2/c22-14-10-9-13(17(23)11-14)12-36-34(35,32-28-20(30)15-5-1-3-7-18(15)24-26-28)33-29-21(31)16-6-2-4-8-19(16)25-27-29/h1-11H,12H2. The summed E-state index contributed by atoms with van der Waals surface area (Å²) in [7, 11) is 0. The van der Waals surface area contributed by atoms with Crippen LogP contribution in [0.1, 0.15) is 5.56 Å². The van der Waals surface area contributed by atoms with Crippen LogP contribution < -0.4 is 20.4 Å². The van der Waals surface area contributed by atoms with Crippen LogP contribution in [-0.2, 0) is 17.6 Å². The molecule has 0 spiro atoms. The van der Waals surface area contributed by atoms with E-state index in [0.717, 1.165) is 11.4 Å². The van der Waals surface area contributed by atoms with Crippen molar-refractivity contribution in [1.82, 2.24) is 30.3 Å². The van der Waals surface area contributed by atoms with Gasteiger partial charge in [0.15, 0.2) is 0 Å². The van der Waals surface area contributed by atoms with Crippen molar-refractivity contribution in [3.05, 3.63) is 103 Å². The molecule has 182 valence electrons. The van der Waals surface area contributed by atoms with Gasteiger partial charge < -0.3 is 9.25 Å². The molecule has 5 rings (SSSR count). The van der Waals surface area contributed by atoms with Gasteiger partial charge in [0.1, 0.15) is 11.0 Å². The number of nitrogens with zero attached hydrogens (tertiary/aromatic N) is 6. The fraction of sp³-hybridized carbons (Fsp3) is 0.0476. The zero-order chi connectivity index (χ0) is 25.3. The zero-order valence-electron chi connectivity index (χ0n) is 17.9. The summed E-state index contributed by atoms with van der Waals surface area (Å²) in [4.78, 5) is 27.3. The summed E-state index contributed by atoms with van der Waals surface area (Å²) < 4.78 is 11.6. The van der Waals surface area contributed by atoms with Gasteiger partial charge in [-0.3, -0.25) is 9.59 Å². The lowest BCUT2D eigenvalue weighted by Gasteiger charge is -2.21. The number of rotatable bonds is 7. The number of halogens is 2. The molecule has 36 heavy (non-hydrogen) atoms. The Hall–Kier alpha value is -3.02. The Morgan fingerprint density at radius 2 is 1.36 bits per heavy atom. The molecule has 0 aliphatic rings. The Balaban J connectivity index is 1.54. The first-order valence-electron chi connectivity index (χ1n) is 10.1. The first kappa shape index (κ1) is 24.7. The SMILES string of the molecule is O=c1c2ccccc2nnn1OP(=S)(On1nnc2ccccc2c1=O)SCc1ccc(Cl)cc1Cl. The van der Waals surface area contributed by atoms with E-state index >= 15 is 0 Å². The molecule has 2 heterocycles. The van der Waals surface area contributed by atoms with Crippen molar-refractivity contribution in [2.45, 2.75) is 5.75 Å². The third kappa shape index (κ3) is 5.09. The van der Waals surface area contributed by atoms with Crippen LogP contribution in [0.3, 0.4) is 0 Å². The summed E-state index contributed by atoms with van der Waals surface area (Å²) in [5.74, 6) is 0.207. The molecule has 0 amide bonds. The van der Waals surface area contributed by atoms with E-state index in [9.17, 15) is 9.59 Å². The Labute approximate surface area is 221 Å². The minimum absolute atomic E-state index is 0.207. The fourth-order valence-electron chi connectivity index (χ4n) is 3.09. The van der Waals surface area contributed by atoms with Crippen LogP contribution >= 0.6 is 40.3 Å². The molecule has 0 aliphatic carbocycles. The maximum atomic E-state index is 13.0. The Kier molecular flexibility index (Phi) is 6.96. The largest absolute Gasteiger partial charge is 0.393 e. The van der Waals surface area contributed by atoms with E-state index in [1.54, 1.807) is 66.7 Å². The van der Waals surface area contributed by atoms with E-state index in [1.165, 1.54) is 0 Å². The maximum Gasteiger partial charge on any atom is 0.393 e. The Morgan fingerprint density at radius 1 is 0.833 bits per heavy atom. The van der Waals surface area contributed by atoms with Gasteiger partial charge in [0.05, 0.1) is 10.8 Å². The van der Waals surface area contributed by atoms with Crippen molar-refractivity contribution in [2.24, 2.45) is 0 Å². The third-order valence-electron chi connectivity index (χ3n) is 4.83. The quantitative estimate of drug-likeness (QED) is 0.263. The molecule has 2 aromatic heterocycles. The highest BCUT2D eigenvalue weighted by Crippen LogP contribution is 2.56. The molecule has 10 nitrogen and oxygen atoms in total. The molecule has 0 fully saturated rings. The topological polar surface area (TPSA) is 114 Å². The third-order valence-corrected chi connectivity index (χ3v) is 9.97. The lowest BCUT2D eigenvalue weighted by atomic mass is 10.2. The zero-order valence-corrected chi connectivity index (χ0v) is 21.9. The summed E-state index contributed by atoms with van der Waals surface area (Å²) in [5.41, 5.74) is -3.34. The number of benzene rings is 3. The molecule has 0 saturated carbocycles. The summed E-state index contributed by atoms with van der Waals surface area (Å²) in [6, 6.07) is 18.2. The molecular formula is C21H13Cl2N6O4PS2. The molecule has 3 aromatic carbocycles. The molecule has 0 aliphatic heterocycles. The second-order valence-electron chi connectivity index (χ2n) is 7.19. The second-order valence-corrected chi connectivity index (χ2v) is 14.2. The predicted molar refractivity (Wildman–Crippen MR) is 143 cm³/mol. The normalized spacial score (nSPS) is 11.6. The van der Waals surface area contributed by atoms with E-state index in [4.69, 9.17) is 44.3 Å². The van der Waals surface area contributed by atoms with Gasteiger partial charge in [-0.25, -0.2) is 0 Å². The van der Waals surface area contributed by atoms with E-state index in [0.29, 0.717) is 36.3 Å². The minimum Gasteiger partial charge on any atom is -0.313 e. The fourth-order valence-corrected chi connectivity index (χ4v) is 7.32. The minimum atomic E-state index is -3.59. The monoisotopic (exact) mass is 578 g/mol. The van der Waals surface area contributed by atoms with Gasteiger partial charge in [-0.1, -0.05) is 53.5 Å². The number of fused-ring (bicyclic) bond motifs is 2. The van der Waals surface area contributed by atoms with Crippen molar-refractivity contribution < 1.29 is 9.25 Å². The van der Waals surface area contributed by atoms with E-state index < -0.39 is 16.8 Å². The van der Waals surface area contributed by atoms with E-state index in [1.807, 2.05) is 0 Å². The van der Waals surface area contributed by atoms with Gasteiger partial charge >= 0.3 is 16.8 Å². The average molecular weight is 579 g/mol. The number of hydrogen-bond acceptors (Lipinski definition) is 10. The Morgan fingerprint density at radius 3 is 1.89 bits per heavy atom. The molecule has 0 unspecified atom stereocenters. The maximum absolute atomic E-state index is 13.0. The van der Waals surface area contributed by atoms with E-state index in [-0.39, 0.29) is 16.5 Å². The molecule has 0 N–H and O–H groups in total. The van der Waals surface area contributed by atoms with Crippen molar-refractivity contribution in [3.63, 3.8) is 0 Å². The van der Waals surface area contributed by atoms with Crippen LogP contribution in [-0.4, -0.2) is 30.3 Å². The summed E-state index contributed by atoms with van der Waals surface area (Å²) >= 11 is 19.0.